The number of amidine groups is 1. The lowest BCUT2D eigenvalue weighted by atomic mass is 10.3. The van der Waals surface area contributed by atoms with E-state index in [4.69, 9.17) is 10.3 Å². The number of nitrogens with one attached hydrogen (secondary N) is 1. The smallest absolute Gasteiger partial charge is 0.184 e. The molecule has 4 nitrogen and oxygen atoms in total. The molecule has 0 bridgehead atoms. The Morgan fingerprint density at radius 1 is 1.13 bits per heavy atom. The second-order valence-electron chi connectivity index (χ2n) is 2.92. The van der Waals surface area contributed by atoms with E-state index in [1.54, 1.807) is 18.4 Å². The van der Waals surface area contributed by atoms with E-state index in [0.717, 1.165) is 5.69 Å². The van der Waals surface area contributed by atoms with Crippen LogP contribution in [-0.4, -0.2) is 5.84 Å². The highest BCUT2D eigenvalue weighted by atomic mass is 16.3. The Morgan fingerprint density at radius 2 is 1.93 bits per heavy atom. The zero-order valence-electron chi connectivity index (χ0n) is 8.05. The normalized spacial score (nSPS) is 11.4. The molecule has 0 aliphatic rings. The van der Waals surface area contributed by atoms with Crippen LogP contribution in [0.5, 0.6) is 0 Å². The maximum atomic E-state index is 5.37. The van der Waals surface area contributed by atoms with Crippen LogP contribution in [0, 0.1) is 0 Å². The second kappa shape index (κ2) is 4.43. The first kappa shape index (κ1) is 9.48. The molecule has 0 spiro atoms. The van der Waals surface area contributed by atoms with E-state index < -0.39 is 0 Å². The van der Waals surface area contributed by atoms with Gasteiger partial charge in [-0.05, 0) is 24.3 Å². The average molecular weight is 201 g/mol. The zero-order valence-corrected chi connectivity index (χ0v) is 8.05. The summed E-state index contributed by atoms with van der Waals surface area (Å²) in [7, 11) is 0. The Hall–Kier alpha value is -2.07. The molecule has 0 saturated carbocycles. The molecule has 0 saturated heterocycles. The van der Waals surface area contributed by atoms with Crippen molar-refractivity contribution in [1.82, 2.24) is 5.43 Å². The fraction of sp³-hybridized carbons (Fsp3) is 0. The summed E-state index contributed by atoms with van der Waals surface area (Å²) in [5.41, 5.74) is 3.33. The van der Waals surface area contributed by atoms with Crippen molar-refractivity contribution in [3.63, 3.8) is 0 Å². The van der Waals surface area contributed by atoms with Crippen LogP contribution in [0.3, 0.4) is 0 Å². The second-order valence-corrected chi connectivity index (χ2v) is 2.92. The van der Waals surface area contributed by atoms with Crippen LogP contribution in [0.15, 0.2) is 58.1 Å². The number of rotatable bonds is 2. The predicted molar refractivity (Wildman–Crippen MR) is 58.7 cm³/mol. The molecule has 15 heavy (non-hydrogen) atoms. The van der Waals surface area contributed by atoms with Crippen LogP contribution in [0.1, 0.15) is 5.76 Å². The summed E-state index contributed by atoms with van der Waals surface area (Å²) in [6.07, 6.45) is 1.58. The minimum Gasteiger partial charge on any atom is -0.461 e. The number of aliphatic imine (C=N–C) groups is 1. The van der Waals surface area contributed by atoms with Crippen molar-refractivity contribution < 1.29 is 4.42 Å². The van der Waals surface area contributed by atoms with E-state index in [9.17, 15) is 0 Å². The third-order valence-electron chi connectivity index (χ3n) is 1.89. The number of benzene rings is 1. The van der Waals surface area contributed by atoms with E-state index in [0.29, 0.717) is 11.6 Å². The largest absolute Gasteiger partial charge is 0.461 e. The molecule has 1 heterocycles. The number of furan rings is 1. The van der Waals surface area contributed by atoms with Crippen LogP contribution in [-0.2, 0) is 0 Å². The fourth-order valence-electron chi connectivity index (χ4n) is 1.20. The first-order chi connectivity index (χ1) is 7.40. The zero-order chi connectivity index (χ0) is 10.5. The summed E-state index contributed by atoms with van der Waals surface area (Å²) in [6, 6.07) is 13.1. The van der Waals surface area contributed by atoms with Crippen molar-refractivity contribution in [2.75, 3.05) is 0 Å². The third-order valence-corrected chi connectivity index (χ3v) is 1.89. The van der Waals surface area contributed by atoms with Crippen LogP contribution in [0.2, 0.25) is 0 Å². The monoisotopic (exact) mass is 201 g/mol. The molecular formula is C11H11N3O. The van der Waals surface area contributed by atoms with Crippen LogP contribution < -0.4 is 11.3 Å². The van der Waals surface area contributed by atoms with E-state index >= 15 is 0 Å². The number of hydrogen-bond donors (Lipinski definition) is 2. The van der Waals surface area contributed by atoms with Gasteiger partial charge in [-0.25, -0.2) is 10.8 Å². The maximum Gasteiger partial charge on any atom is 0.184 e. The maximum absolute atomic E-state index is 5.37. The summed E-state index contributed by atoms with van der Waals surface area (Å²) < 4.78 is 5.19. The van der Waals surface area contributed by atoms with Gasteiger partial charge < -0.3 is 9.84 Å². The predicted octanol–water partition coefficient (Wildman–Crippen LogP) is 1.82. The van der Waals surface area contributed by atoms with Crippen molar-refractivity contribution in [2.24, 2.45) is 10.8 Å². The molecule has 1 aromatic heterocycles. The lowest BCUT2D eigenvalue weighted by molar-refractivity contribution is 0.554. The van der Waals surface area contributed by atoms with Crippen molar-refractivity contribution in [3.05, 3.63) is 54.5 Å². The first-order valence-corrected chi connectivity index (χ1v) is 4.54. The Morgan fingerprint density at radius 3 is 2.53 bits per heavy atom. The summed E-state index contributed by atoms with van der Waals surface area (Å²) in [4.78, 5) is 4.31. The van der Waals surface area contributed by atoms with Gasteiger partial charge in [0, 0.05) is 0 Å². The molecule has 3 N–H and O–H groups in total. The highest BCUT2D eigenvalue weighted by Crippen LogP contribution is 2.12. The molecule has 1 aromatic carbocycles. The molecule has 0 atom stereocenters. The highest BCUT2D eigenvalue weighted by molar-refractivity contribution is 5.97. The van der Waals surface area contributed by atoms with Crippen LogP contribution >= 0.6 is 0 Å². The van der Waals surface area contributed by atoms with Gasteiger partial charge in [0.2, 0.25) is 0 Å². The van der Waals surface area contributed by atoms with Crippen molar-refractivity contribution in [1.29, 1.82) is 0 Å². The van der Waals surface area contributed by atoms with Gasteiger partial charge in [-0.3, -0.25) is 0 Å². The molecule has 0 unspecified atom stereocenters. The lowest BCUT2D eigenvalue weighted by Gasteiger charge is -2.01. The third kappa shape index (κ3) is 2.24. The minimum absolute atomic E-state index is 0.506. The Kier molecular flexibility index (Phi) is 2.80. The lowest BCUT2D eigenvalue weighted by Crippen LogP contribution is -2.30. The average Bonchev–Trinajstić information content (AvgIpc) is 2.81. The quantitative estimate of drug-likeness (QED) is 0.337. The number of hydrazine groups is 1. The molecule has 0 aliphatic carbocycles. The highest BCUT2D eigenvalue weighted by Gasteiger charge is 2.03. The molecule has 76 valence electrons. The number of hydrogen-bond acceptors (Lipinski definition) is 3. The standard InChI is InChI=1S/C11H11N3O/c12-14-11(10-7-4-8-15-10)13-9-5-2-1-3-6-9/h1-8H,12H2,(H,13,14). The minimum atomic E-state index is 0.506. The number of nitrogens with zero attached hydrogens (tertiary/aromatic N) is 1. The van der Waals surface area contributed by atoms with E-state index in [2.05, 4.69) is 10.4 Å². The number of para-hydroxylation sites is 1. The van der Waals surface area contributed by atoms with Crippen LogP contribution in [0.4, 0.5) is 5.69 Å². The van der Waals surface area contributed by atoms with Crippen molar-refractivity contribution in [3.8, 4) is 0 Å². The van der Waals surface area contributed by atoms with Gasteiger partial charge in [-0.1, -0.05) is 18.2 Å². The summed E-state index contributed by atoms with van der Waals surface area (Å²) >= 11 is 0. The van der Waals surface area contributed by atoms with Gasteiger partial charge in [-0.2, -0.15) is 0 Å². The van der Waals surface area contributed by atoms with E-state index in [1.165, 1.54) is 0 Å². The van der Waals surface area contributed by atoms with Gasteiger partial charge in [0.25, 0.3) is 0 Å². The van der Waals surface area contributed by atoms with Crippen molar-refractivity contribution >= 4 is 11.5 Å². The first-order valence-electron chi connectivity index (χ1n) is 4.54. The topological polar surface area (TPSA) is 63.5 Å². The van der Waals surface area contributed by atoms with E-state index in [1.807, 2.05) is 30.3 Å². The Balaban J connectivity index is 2.32. The Bertz CT molecular complexity index is 434. The molecular weight excluding hydrogens is 190 g/mol. The number of nitrogens with two attached hydrogens (primary N) is 1. The summed E-state index contributed by atoms with van der Waals surface area (Å²) in [5.74, 6) is 6.49. The molecule has 0 aliphatic heterocycles. The van der Waals surface area contributed by atoms with E-state index in [-0.39, 0.29) is 0 Å². The van der Waals surface area contributed by atoms with Gasteiger partial charge >= 0.3 is 0 Å². The molecule has 0 fully saturated rings. The van der Waals surface area contributed by atoms with Gasteiger partial charge in [0.05, 0.1) is 12.0 Å². The molecule has 2 aromatic rings. The molecule has 0 amide bonds. The SMILES string of the molecule is NNC(=Nc1ccccc1)c1ccco1. The molecule has 4 heteroatoms. The van der Waals surface area contributed by atoms with Gasteiger partial charge in [0.1, 0.15) is 0 Å². The van der Waals surface area contributed by atoms with Gasteiger partial charge in [-0.15, -0.1) is 0 Å². The molecule has 2 rings (SSSR count). The fourth-order valence-corrected chi connectivity index (χ4v) is 1.20. The van der Waals surface area contributed by atoms with Crippen molar-refractivity contribution in [2.45, 2.75) is 0 Å². The van der Waals surface area contributed by atoms with Gasteiger partial charge in [0.15, 0.2) is 11.6 Å². The summed E-state index contributed by atoms with van der Waals surface area (Å²) in [6.45, 7) is 0. The Labute approximate surface area is 87.4 Å². The molecule has 0 radical (unpaired) electrons. The summed E-state index contributed by atoms with van der Waals surface area (Å²) in [5, 5.41) is 0. The van der Waals surface area contributed by atoms with Crippen LogP contribution in [0.25, 0.3) is 0 Å².